The van der Waals surface area contributed by atoms with Crippen molar-refractivity contribution in [3.63, 3.8) is 0 Å². The summed E-state index contributed by atoms with van der Waals surface area (Å²) in [5.41, 5.74) is 3.25. The highest BCUT2D eigenvalue weighted by Gasteiger charge is 2.24. The van der Waals surface area contributed by atoms with Crippen LogP contribution in [0.4, 0.5) is 17.1 Å². The van der Waals surface area contributed by atoms with Gasteiger partial charge in [-0.3, -0.25) is 14.9 Å². The number of hydrogen-bond acceptors (Lipinski definition) is 6. The van der Waals surface area contributed by atoms with Crippen molar-refractivity contribution in [3.8, 4) is 5.75 Å². The van der Waals surface area contributed by atoms with E-state index in [4.69, 9.17) is 4.74 Å². The van der Waals surface area contributed by atoms with Crippen LogP contribution in [-0.2, 0) is 6.42 Å². The third-order valence-electron chi connectivity index (χ3n) is 6.00. The lowest BCUT2D eigenvalue weighted by atomic mass is 10.1. The minimum atomic E-state index is -0.362. The second-order valence-electron chi connectivity index (χ2n) is 8.13. The lowest BCUT2D eigenvalue weighted by molar-refractivity contribution is -0.383. The number of hydrogen-bond donors (Lipinski definition) is 1. The van der Waals surface area contributed by atoms with Gasteiger partial charge in [-0.1, -0.05) is 36.4 Å². The van der Waals surface area contributed by atoms with Gasteiger partial charge in [0.25, 0.3) is 11.6 Å². The molecule has 1 fully saturated rings. The summed E-state index contributed by atoms with van der Waals surface area (Å²) < 4.78 is 5.23. The molecule has 1 heterocycles. The van der Waals surface area contributed by atoms with Gasteiger partial charge in [-0.25, -0.2) is 0 Å². The number of anilines is 2. The Kier molecular flexibility index (Phi) is 7.27. The maximum absolute atomic E-state index is 12.9. The second-order valence-corrected chi connectivity index (χ2v) is 8.13. The zero-order chi connectivity index (χ0) is 23.9. The van der Waals surface area contributed by atoms with Crippen molar-refractivity contribution in [2.45, 2.75) is 6.42 Å². The van der Waals surface area contributed by atoms with Crippen LogP contribution in [0.2, 0.25) is 0 Å². The second kappa shape index (κ2) is 10.7. The summed E-state index contributed by atoms with van der Waals surface area (Å²) in [6.07, 6.45) is 0.771. The Morgan fingerprint density at radius 2 is 1.76 bits per heavy atom. The smallest absolute Gasteiger partial charge is 0.292 e. The van der Waals surface area contributed by atoms with Gasteiger partial charge >= 0.3 is 0 Å². The molecule has 34 heavy (non-hydrogen) atoms. The molecule has 0 aromatic heterocycles. The molecule has 3 aromatic rings. The fourth-order valence-corrected chi connectivity index (χ4v) is 4.11. The topological polar surface area (TPSA) is 88.0 Å². The van der Waals surface area contributed by atoms with Gasteiger partial charge in [0.15, 0.2) is 0 Å². The van der Waals surface area contributed by atoms with Gasteiger partial charge in [0.2, 0.25) is 0 Å². The van der Waals surface area contributed by atoms with Crippen LogP contribution < -0.4 is 15.0 Å². The maximum Gasteiger partial charge on any atom is 0.292 e. The van der Waals surface area contributed by atoms with Crippen LogP contribution in [0.3, 0.4) is 0 Å². The molecular formula is C26H28N4O4. The number of ether oxygens (including phenoxy) is 1. The summed E-state index contributed by atoms with van der Waals surface area (Å²) >= 11 is 0. The highest BCUT2D eigenvalue weighted by molar-refractivity contribution is 5.94. The molecule has 8 heteroatoms. The standard InChI is InChI=1S/C26H28N4O4/c1-34-23-9-5-8-21(18-23)26(31)29-16-14-28(15-17-29)22-10-11-25(30(32)33)24(19-22)27-13-12-20-6-3-2-4-7-20/h2-11,18-19,27H,12-17H2,1H3. The molecule has 0 bridgehead atoms. The summed E-state index contributed by atoms with van der Waals surface area (Å²) in [5.74, 6) is 0.633. The summed E-state index contributed by atoms with van der Waals surface area (Å²) in [7, 11) is 1.58. The molecule has 8 nitrogen and oxygen atoms in total. The van der Waals surface area contributed by atoms with Crippen LogP contribution in [-0.4, -0.2) is 55.6 Å². The molecule has 1 saturated heterocycles. The van der Waals surface area contributed by atoms with Crippen molar-refractivity contribution >= 4 is 23.0 Å². The monoisotopic (exact) mass is 460 g/mol. The van der Waals surface area contributed by atoms with Crippen LogP contribution in [0.25, 0.3) is 0 Å². The van der Waals surface area contributed by atoms with Gasteiger partial charge in [0.1, 0.15) is 11.4 Å². The van der Waals surface area contributed by atoms with Crippen molar-refractivity contribution in [1.29, 1.82) is 0 Å². The predicted molar refractivity (Wildman–Crippen MR) is 133 cm³/mol. The van der Waals surface area contributed by atoms with Gasteiger partial charge in [0, 0.05) is 50.0 Å². The number of nitrogens with one attached hydrogen (secondary N) is 1. The number of piperazine rings is 1. The van der Waals surface area contributed by atoms with E-state index in [2.05, 4.69) is 10.2 Å². The summed E-state index contributed by atoms with van der Waals surface area (Å²) in [6, 6.07) is 22.3. The maximum atomic E-state index is 12.9. The molecule has 0 radical (unpaired) electrons. The van der Waals surface area contributed by atoms with Gasteiger partial charge in [-0.2, -0.15) is 0 Å². The van der Waals surface area contributed by atoms with E-state index in [-0.39, 0.29) is 16.5 Å². The summed E-state index contributed by atoms with van der Waals surface area (Å²) in [5, 5.41) is 14.8. The van der Waals surface area contributed by atoms with E-state index in [1.807, 2.05) is 53.4 Å². The quantitative estimate of drug-likeness (QED) is 0.400. The number of methoxy groups -OCH3 is 1. The molecule has 3 aromatic carbocycles. The van der Waals surface area contributed by atoms with Gasteiger partial charge < -0.3 is 19.9 Å². The van der Waals surface area contributed by atoms with Crippen LogP contribution in [0.1, 0.15) is 15.9 Å². The van der Waals surface area contributed by atoms with Crippen molar-refractivity contribution in [3.05, 3.63) is 94.0 Å². The van der Waals surface area contributed by atoms with E-state index in [0.717, 1.165) is 12.1 Å². The first-order chi connectivity index (χ1) is 16.5. The number of rotatable bonds is 8. The van der Waals surface area contributed by atoms with Gasteiger partial charge in [-0.05, 0) is 42.3 Å². The molecule has 0 spiro atoms. The molecule has 0 unspecified atom stereocenters. The first-order valence-electron chi connectivity index (χ1n) is 11.3. The molecule has 176 valence electrons. The summed E-state index contributed by atoms with van der Waals surface area (Å²) in [6.45, 7) is 3.04. The van der Waals surface area contributed by atoms with Crippen molar-refractivity contribution in [2.24, 2.45) is 0 Å². The van der Waals surface area contributed by atoms with Crippen LogP contribution in [0, 0.1) is 10.1 Å². The number of nitro groups is 1. The molecule has 0 atom stereocenters. The zero-order valence-electron chi connectivity index (χ0n) is 19.1. The number of carbonyl (C=O) groups excluding carboxylic acids is 1. The molecule has 1 N–H and O–H groups in total. The number of nitro benzene ring substituents is 1. The number of nitrogens with zero attached hydrogens (tertiary/aromatic N) is 3. The molecule has 1 aliphatic heterocycles. The molecule has 0 aliphatic carbocycles. The van der Waals surface area contributed by atoms with E-state index in [9.17, 15) is 14.9 Å². The van der Waals surface area contributed by atoms with E-state index in [1.54, 1.807) is 31.4 Å². The fraction of sp³-hybridized carbons (Fsp3) is 0.269. The highest BCUT2D eigenvalue weighted by atomic mass is 16.6. The molecular weight excluding hydrogens is 432 g/mol. The molecule has 1 aliphatic rings. The number of benzene rings is 3. The Hall–Kier alpha value is -4.07. The van der Waals surface area contributed by atoms with E-state index < -0.39 is 0 Å². The van der Waals surface area contributed by atoms with Crippen LogP contribution >= 0.6 is 0 Å². The Labute approximate surface area is 198 Å². The van der Waals surface area contributed by atoms with Crippen molar-refractivity contribution in [1.82, 2.24) is 4.90 Å². The first-order valence-corrected chi connectivity index (χ1v) is 11.3. The van der Waals surface area contributed by atoms with E-state index in [0.29, 0.717) is 49.7 Å². The normalized spacial score (nSPS) is 13.4. The SMILES string of the molecule is COc1cccc(C(=O)N2CCN(c3ccc([N+](=O)[O-])c(NCCc4ccccc4)c3)CC2)c1. The first kappa shape index (κ1) is 23.1. The number of carbonyl (C=O) groups is 1. The Morgan fingerprint density at radius 1 is 1.00 bits per heavy atom. The molecule has 1 amide bonds. The van der Waals surface area contributed by atoms with E-state index in [1.165, 1.54) is 5.56 Å². The Bertz CT molecular complexity index is 1140. The van der Waals surface area contributed by atoms with Crippen LogP contribution in [0.5, 0.6) is 5.75 Å². The largest absolute Gasteiger partial charge is 0.497 e. The lowest BCUT2D eigenvalue weighted by Crippen LogP contribution is -2.48. The van der Waals surface area contributed by atoms with Gasteiger partial charge in [-0.15, -0.1) is 0 Å². The average Bonchev–Trinajstić information content (AvgIpc) is 2.89. The van der Waals surface area contributed by atoms with Gasteiger partial charge in [0.05, 0.1) is 12.0 Å². The lowest BCUT2D eigenvalue weighted by Gasteiger charge is -2.36. The van der Waals surface area contributed by atoms with Crippen LogP contribution in [0.15, 0.2) is 72.8 Å². The minimum absolute atomic E-state index is 0.0227. The van der Waals surface area contributed by atoms with Crippen molar-refractivity contribution < 1.29 is 14.5 Å². The van der Waals surface area contributed by atoms with E-state index >= 15 is 0 Å². The highest BCUT2D eigenvalue weighted by Crippen LogP contribution is 2.30. The third kappa shape index (κ3) is 5.46. The van der Waals surface area contributed by atoms with Crippen molar-refractivity contribution in [2.75, 3.05) is 50.1 Å². The average molecular weight is 461 g/mol. The Morgan fingerprint density at radius 3 is 2.47 bits per heavy atom. The third-order valence-corrected chi connectivity index (χ3v) is 6.00. The molecule has 0 saturated carbocycles. The number of amides is 1. The molecule has 4 rings (SSSR count). The predicted octanol–water partition coefficient (Wildman–Crippen LogP) is 4.22. The Balaban J connectivity index is 1.40. The minimum Gasteiger partial charge on any atom is -0.497 e. The zero-order valence-corrected chi connectivity index (χ0v) is 19.1. The summed E-state index contributed by atoms with van der Waals surface area (Å²) in [4.78, 5) is 28.0. The fourth-order valence-electron chi connectivity index (χ4n) is 4.11.